The van der Waals surface area contributed by atoms with Gasteiger partial charge < -0.3 is 5.32 Å². The van der Waals surface area contributed by atoms with E-state index in [0.29, 0.717) is 6.54 Å². The van der Waals surface area contributed by atoms with Gasteiger partial charge >= 0.3 is 0 Å². The van der Waals surface area contributed by atoms with Crippen molar-refractivity contribution in [3.05, 3.63) is 62.3 Å². The van der Waals surface area contributed by atoms with Crippen LogP contribution < -0.4 is 5.32 Å². The average Bonchev–Trinajstić information content (AvgIpc) is 2.30. The quantitative estimate of drug-likeness (QED) is 0.773. The van der Waals surface area contributed by atoms with E-state index in [4.69, 9.17) is 0 Å². The Labute approximate surface area is 123 Å². The highest BCUT2D eigenvalue weighted by Gasteiger charge is 2.03. The van der Waals surface area contributed by atoms with Gasteiger partial charge in [0, 0.05) is 21.2 Å². The van der Waals surface area contributed by atoms with Crippen molar-refractivity contribution in [1.29, 1.82) is 0 Å². The molecule has 0 atom stereocenters. The predicted molar refractivity (Wildman–Crippen MR) is 80.3 cm³/mol. The van der Waals surface area contributed by atoms with Gasteiger partial charge in [0.05, 0.1) is 0 Å². The average molecular weight is 373 g/mol. The van der Waals surface area contributed by atoms with E-state index in [0.717, 1.165) is 20.2 Å². The summed E-state index contributed by atoms with van der Waals surface area (Å²) in [6.45, 7) is 2.74. The van der Waals surface area contributed by atoms with Gasteiger partial charge in [-0.05, 0) is 58.2 Å². The van der Waals surface area contributed by atoms with Crippen molar-refractivity contribution in [3.63, 3.8) is 0 Å². The zero-order chi connectivity index (χ0) is 13.1. The van der Waals surface area contributed by atoms with E-state index in [1.165, 1.54) is 17.7 Å². The first-order valence-corrected chi connectivity index (χ1v) is 7.09. The van der Waals surface area contributed by atoms with Crippen LogP contribution in [0.25, 0.3) is 0 Å². The highest BCUT2D eigenvalue weighted by molar-refractivity contribution is 9.10. The summed E-state index contributed by atoms with van der Waals surface area (Å²) in [5, 5.41) is 3.27. The van der Waals surface area contributed by atoms with Gasteiger partial charge in [-0.25, -0.2) is 4.39 Å². The van der Waals surface area contributed by atoms with Crippen LogP contribution in [0.1, 0.15) is 11.1 Å². The van der Waals surface area contributed by atoms with Crippen LogP contribution in [-0.4, -0.2) is 0 Å². The Morgan fingerprint density at radius 3 is 2.50 bits per heavy atom. The Balaban J connectivity index is 2.11. The normalized spacial score (nSPS) is 10.4. The SMILES string of the molecule is Cc1ccc(CNc2ccc(F)cc2Br)c(Br)c1. The van der Waals surface area contributed by atoms with Crippen LogP contribution in [0.3, 0.4) is 0 Å². The summed E-state index contributed by atoms with van der Waals surface area (Å²) in [4.78, 5) is 0. The number of aryl methyl sites for hydroxylation is 1. The molecule has 94 valence electrons. The van der Waals surface area contributed by atoms with Crippen LogP contribution >= 0.6 is 31.9 Å². The summed E-state index contributed by atoms with van der Waals surface area (Å²) in [7, 11) is 0. The highest BCUT2D eigenvalue weighted by Crippen LogP contribution is 2.25. The molecule has 18 heavy (non-hydrogen) atoms. The van der Waals surface area contributed by atoms with Crippen molar-refractivity contribution < 1.29 is 4.39 Å². The Morgan fingerprint density at radius 1 is 1.06 bits per heavy atom. The summed E-state index contributed by atoms with van der Waals surface area (Å²) in [5.41, 5.74) is 3.26. The second kappa shape index (κ2) is 5.85. The predicted octanol–water partition coefficient (Wildman–Crippen LogP) is 5.27. The molecule has 0 saturated carbocycles. The second-order valence-electron chi connectivity index (χ2n) is 4.07. The van der Waals surface area contributed by atoms with Gasteiger partial charge in [-0.3, -0.25) is 0 Å². The molecule has 0 unspecified atom stereocenters. The number of rotatable bonds is 3. The maximum atomic E-state index is 13.0. The topological polar surface area (TPSA) is 12.0 Å². The number of halogens is 3. The van der Waals surface area contributed by atoms with Gasteiger partial charge in [-0.1, -0.05) is 28.1 Å². The fraction of sp³-hybridized carbons (Fsp3) is 0.143. The summed E-state index contributed by atoms with van der Waals surface area (Å²) in [5.74, 6) is -0.246. The zero-order valence-corrected chi connectivity index (χ0v) is 13.0. The molecule has 0 amide bonds. The van der Waals surface area contributed by atoms with Crippen molar-refractivity contribution >= 4 is 37.5 Å². The van der Waals surface area contributed by atoms with Crippen LogP contribution in [0.4, 0.5) is 10.1 Å². The van der Waals surface area contributed by atoms with Crippen LogP contribution in [0, 0.1) is 12.7 Å². The summed E-state index contributed by atoms with van der Waals surface area (Å²) < 4.78 is 14.8. The van der Waals surface area contributed by atoms with Crippen molar-refractivity contribution in [3.8, 4) is 0 Å². The van der Waals surface area contributed by atoms with Crippen molar-refractivity contribution in [2.24, 2.45) is 0 Å². The monoisotopic (exact) mass is 371 g/mol. The molecule has 1 nitrogen and oxygen atoms in total. The first kappa shape index (κ1) is 13.6. The third-order valence-corrected chi connectivity index (χ3v) is 4.00. The van der Waals surface area contributed by atoms with Gasteiger partial charge in [0.1, 0.15) is 5.82 Å². The molecule has 0 saturated heterocycles. The maximum absolute atomic E-state index is 13.0. The molecule has 0 radical (unpaired) electrons. The molecule has 0 aromatic heterocycles. The Morgan fingerprint density at radius 2 is 1.83 bits per heavy atom. The molecular formula is C14H12Br2FN. The molecular weight excluding hydrogens is 361 g/mol. The fourth-order valence-electron chi connectivity index (χ4n) is 1.62. The number of hydrogen-bond donors (Lipinski definition) is 1. The van der Waals surface area contributed by atoms with Crippen LogP contribution in [-0.2, 0) is 6.54 Å². The lowest BCUT2D eigenvalue weighted by molar-refractivity contribution is 0.627. The molecule has 0 bridgehead atoms. The number of nitrogens with one attached hydrogen (secondary N) is 1. The van der Waals surface area contributed by atoms with E-state index in [9.17, 15) is 4.39 Å². The lowest BCUT2D eigenvalue weighted by Crippen LogP contribution is -2.01. The highest BCUT2D eigenvalue weighted by atomic mass is 79.9. The molecule has 1 N–H and O–H groups in total. The van der Waals surface area contributed by atoms with E-state index >= 15 is 0 Å². The lowest BCUT2D eigenvalue weighted by Gasteiger charge is -2.10. The largest absolute Gasteiger partial charge is 0.380 e. The van der Waals surface area contributed by atoms with Crippen molar-refractivity contribution in [2.45, 2.75) is 13.5 Å². The zero-order valence-electron chi connectivity index (χ0n) is 9.81. The molecule has 0 aliphatic heterocycles. The molecule has 0 heterocycles. The smallest absolute Gasteiger partial charge is 0.124 e. The second-order valence-corrected chi connectivity index (χ2v) is 5.78. The minimum atomic E-state index is -0.246. The van der Waals surface area contributed by atoms with Gasteiger partial charge in [0.15, 0.2) is 0 Å². The van der Waals surface area contributed by atoms with E-state index in [2.05, 4.69) is 62.3 Å². The molecule has 2 rings (SSSR count). The van der Waals surface area contributed by atoms with E-state index in [-0.39, 0.29) is 5.82 Å². The summed E-state index contributed by atoms with van der Waals surface area (Å²) in [6.07, 6.45) is 0. The Kier molecular flexibility index (Phi) is 4.40. The van der Waals surface area contributed by atoms with Crippen LogP contribution in [0.15, 0.2) is 45.3 Å². The van der Waals surface area contributed by atoms with Crippen molar-refractivity contribution in [1.82, 2.24) is 0 Å². The van der Waals surface area contributed by atoms with E-state index in [1.807, 2.05) is 0 Å². The van der Waals surface area contributed by atoms with Gasteiger partial charge in [-0.2, -0.15) is 0 Å². The van der Waals surface area contributed by atoms with E-state index in [1.54, 1.807) is 6.07 Å². The van der Waals surface area contributed by atoms with Crippen LogP contribution in [0.5, 0.6) is 0 Å². The van der Waals surface area contributed by atoms with E-state index < -0.39 is 0 Å². The molecule has 0 aliphatic rings. The first-order valence-electron chi connectivity index (χ1n) is 5.50. The Hall–Kier alpha value is -0.870. The third kappa shape index (κ3) is 3.33. The number of hydrogen-bond acceptors (Lipinski definition) is 1. The minimum absolute atomic E-state index is 0.246. The van der Waals surface area contributed by atoms with Gasteiger partial charge in [0.25, 0.3) is 0 Å². The maximum Gasteiger partial charge on any atom is 0.124 e. The Bertz CT molecular complexity index is 518. The third-order valence-electron chi connectivity index (χ3n) is 2.61. The molecule has 0 spiro atoms. The summed E-state index contributed by atoms with van der Waals surface area (Å²) in [6, 6.07) is 10.8. The molecule has 2 aromatic carbocycles. The molecule has 0 fully saturated rings. The van der Waals surface area contributed by atoms with Gasteiger partial charge in [0.2, 0.25) is 0 Å². The molecule has 4 heteroatoms. The minimum Gasteiger partial charge on any atom is -0.380 e. The first-order chi connectivity index (χ1) is 8.56. The van der Waals surface area contributed by atoms with Crippen molar-refractivity contribution in [2.75, 3.05) is 5.32 Å². The lowest BCUT2D eigenvalue weighted by atomic mass is 10.1. The number of anilines is 1. The van der Waals surface area contributed by atoms with Gasteiger partial charge in [-0.15, -0.1) is 0 Å². The fourth-order valence-corrected chi connectivity index (χ4v) is 2.74. The molecule has 0 aliphatic carbocycles. The summed E-state index contributed by atoms with van der Waals surface area (Å²) >= 11 is 6.88. The standard InChI is InChI=1S/C14H12Br2FN/c1-9-2-3-10(12(15)6-9)8-18-14-5-4-11(17)7-13(14)16/h2-7,18H,8H2,1H3. The number of benzene rings is 2. The molecule has 2 aromatic rings. The van der Waals surface area contributed by atoms with Crippen LogP contribution in [0.2, 0.25) is 0 Å².